The standard InChI is InChI=1S/C58H43NS/c1-37(40-30-32-57-53(33-40)49-22-11-13-26-56(49)60-57)50-36-43-28-27-41(34-51(43)47-20-9-8-19-46(47)50)42-29-31-55-52(35-42)48-21-10-12-25-54(48)59(55)58-44(38-15-4-2-5-16-38)23-14-24-45(58)39-17-6-3-7-18-39/h2-29,31-35,37,40,50H,30,36H2,1H3. The number of aromatic nitrogens is 1. The van der Waals surface area contributed by atoms with E-state index in [0.29, 0.717) is 17.8 Å². The zero-order valence-corrected chi connectivity index (χ0v) is 34.4. The topological polar surface area (TPSA) is 4.93 Å². The van der Waals surface area contributed by atoms with E-state index in [1.54, 1.807) is 0 Å². The van der Waals surface area contributed by atoms with Gasteiger partial charge in [0.2, 0.25) is 0 Å². The Morgan fingerprint density at radius 3 is 1.95 bits per heavy atom. The first kappa shape index (κ1) is 35.2. The van der Waals surface area contributed by atoms with Gasteiger partial charge in [-0.25, -0.2) is 0 Å². The van der Waals surface area contributed by atoms with E-state index in [9.17, 15) is 0 Å². The molecule has 0 amide bonds. The summed E-state index contributed by atoms with van der Waals surface area (Å²) in [6.45, 7) is 2.50. The highest BCUT2D eigenvalue weighted by Crippen LogP contribution is 2.48. The lowest BCUT2D eigenvalue weighted by molar-refractivity contribution is 0.370. The number of thiophene rings is 1. The van der Waals surface area contributed by atoms with Gasteiger partial charge in [-0.1, -0.05) is 177 Å². The quantitative estimate of drug-likeness (QED) is 0.158. The highest BCUT2D eigenvalue weighted by Gasteiger charge is 2.32. The first-order valence-electron chi connectivity index (χ1n) is 21.4. The van der Waals surface area contributed by atoms with Crippen molar-refractivity contribution in [3.8, 4) is 50.2 Å². The number of nitrogens with zero attached hydrogens (tertiary/aromatic N) is 1. The van der Waals surface area contributed by atoms with E-state index < -0.39 is 0 Å². The third-order valence-electron chi connectivity index (χ3n) is 13.6. The molecule has 0 spiro atoms. The van der Waals surface area contributed by atoms with Crippen molar-refractivity contribution in [2.24, 2.45) is 11.8 Å². The van der Waals surface area contributed by atoms with Crippen LogP contribution in [-0.2, 0) is 6.42 Å². The van der Waals surface area contributed by atoms with Crippen molar-refractivity contribution in [3.05, 3.63) is 209 Å². The largest absolute Gasteiger partial charge is 0.308 e. The fourth-order valence-corrected chi connectivity index (χ4v) is 11.7. The van der Waals surface area contributed by atoms with Gasteiger partial charge in [0.25, 0.3) is 0 Å². The third kappa shape index (κ3) is 5.66. The average Bonchev–Trinajstić information content (AvgIpc) is 3.86. The number of hydrogen-bond donors (Lipinski definition) is 0. The third-order valence-corrected chi connectivity index (χ3v) is 14.7. The number of hydrogen-bond acceptors (Lipinski definition) is 1. The van der Waals surface area contributed by atoms with Crippen molar-refractivity contribution in [2.75, 3.05) is 0 Å². The maximum Gasteiger partial charge on any atom is 0.0618 e. The van der Waals surface area contributed by atoms with Crippen LogP contribution in [-0.4, -0.2) is 4.57 Å². The molecule has 0 saturated heterocycles. The smallest absolute Gasteiger partial charge is 0.0618 e. The Morgan fingerprint density at radius 1 is 0.517 bits per heavy atom. The Kier molecular flexibility index (Phi) is 8.35. The Balaban J connectivity index is 0.959. The fourth-order valence-electron chi connectivity index (χ4n) is 10.5. The number of benzene rings is 8. The lowest BCUT2D eigenvalue weighted by Gasteiger charge is -2.35. The summed E-state index contributed by atoms with van der Waals surface area (Å²) >= 11 is 1.94. The minimum Gasteiger partial charge on any atom is -0.308 e. The molecule has 2 aliphatic carbocycles. The normalized spacial score (nSPS) is 16.1. The van der Waals surface area contributed by atoms with Crippen LogP contribution in [0.2, 0.25) is 0 Å². The van der Waals surface area contributed by atoms with Crippen LogP contribution in [0.25, 0.3) is 94.2 Å². The molecule has 60 heavy (non-hydrogen) atoms. The van der Waals surface area contributed by atoms with Crippen LogP contribution >= 0.6 is 11.3 Å². The van der Waals surface area contributed by atoms with Gasteiger partial charge < -0.3 is 4.57 Å². The van der Waals surface area contributed by atoms with Gasteiger partial charge in [0.05, 0.1) is 16.7 Å². The highest BCUT2D eigenvalue weighted by atomic mass is 32.1. The number of rotatable bonds is 6. The average molecular weight is 786 g/mol. The monoisotopic (exact) mass is 785 g/mol. The minimum atomic E-state index is 0.461. The van der Waals surface area contributed by atoms with E-state index in [0.717, 1.165) is 12.8 Å². The molecule has 0 bridgehead atoms. The second-order valence-electron chi connectivity index (χ2n) is 16.8. The zero-order valence-electron chi connectivity index (χ0n) is 33.6. The van der Waals surface area contributed by atoms with E-state index in [1.165, 1.54) is 103 Å². The van der Waals surface area contributed by atoms with E-state index >= 15 is 0 Å². The molecule has 0 radical (unpaired) electrons. The molecule has 0 fully saturated rings. The van der Waals surface area contributed by atoms with Crippen LogP contribution < -0.4 is 9.75 Å². The first-order valence-corrected chi connectivity index (χ1v) is 22.2. The molecule has 2 aliphatic rings. The summed E-state index contributed by atoms with van der Waals surface area (Å²) in [7, 11) is 0. The number of fused-ring (bicyclic) bond motifs is 9. The van der Waals surface area contributed by atoms with E-state index in [2.05, 4.69) is 212 Å². The second-order valence-corrected chi connectivity index (χ2v) is 17.9. The minimum absolute atomic E-state index is 0.461. The molecule has 12 rings (SSSR count). The van der Waals surface area contributed by atoms with E-state index in [1.807, 2.05) is 11.3 Å². The molecule has 0 saturated carbocycles. The van der Waals surface area contributed by atoms with Gasteiger partial charge in [-0.2, -0.15) is 0 Å². The molecule has 8 aromatic carbocycles. The van der Waals surface area contributed by atoms with Gasteiger partial charge >= 0.3 is 0 Å². The second kappa shape index (κ2) is 14.2. The van der Waals surface area contributed by atoms with Gasteiger partial charge in [0.15, 0.2) is 0 Å². The molecule has 0 N–H and O–H groups in total. The van der Waals surface area contributed by atoms with Crippen molar-refractivity contribution in [1.29, 1.82) is 0 Å². The molecule has 1 nitrogen and oxygen atoms in total. The van der Waals surface area contributed by atoms with Crippen LogP contribution in [0.5, 0.6) is 0 Å². The van der Waals surface area contributed by atoms with Crippen molar-refractivity contribution in [1.82, 2.24) is 4.57 Å². The first-order chi connectivity index (χ1) is 29.7. The van der Waals surface area contributed by atoms with Gasteiger partial charge in [0, 0.05) is 31.1 Å². The lowest BCUT2D eigenvalue weighted by atomic mass is 9.68. The van der Waals surface area contributed by atoms with Gasteiger partial charge in [-0.05, 0) is 116 Å². The van der Waals surface area contributed by atoms with Crippen LogP contribution in [0.4, 0.5) is 0 Å². The molecule has 2 aromatic heterocycles. The molecule has 10 aromatic rings. The van der Waals surface area contributed by atoms with Crippen molar-refractivity contribution in [2.45, 2.75) is 25.7 Å². The molecular weight excluding hydrogens is 743 g/mol. The van der Waals surface area contributed by atoms with Crippen molar-refractivity contribution in [3.63, 3.8) is 0 Å². The Labute approximate surface area is 354 Å². The van der Waals surface area contributed by atoms with Gasteiger partial charge in [-0.15, -0.1) is 11.3 Å². The maximum atomic E-state index is 2.61. The highest BCUT2D eigenvalue weighted by molar-refractivity contribution is 7.17. The molecule has 3 unspecified atom stereocenters. The van der Waals surface area contributed by atoms with Crippen LogP contribution in [0, 0.1) is 11.8 Å². The summed E-state index contributed by atoms with van der Waals surface area (Å²) in [5.41, 5.74) is 16.7. The molecule has 3 atom stereocenters. The van der Waals surface area contributed by atoms with Crippen LogP contribution in [0.15, 0.2) is 188 Å². The van der Waals surface area contributed by atoms with E-state index in [4.69, 9.17) is 0 Å². The van der Waals surface area contributed by atoms with Crippen molar-refractivity contribution < 1.29 is 0 Å². The molecule has 2 heteroatoms. The van der Waals surface area contributed by atoms with Crippen LogP contribution in [0.3, 0.4) is 0 Å². The maximum absolute atomic E-state index is 2.61. The Bertz CT molecular complexity index is 3350. The summed E-state index contributed by atoms with van der Waals surface area (Å²) in [5, 5.41) is 5.38. The SMILES string of the molecule is CC(C1C=c2c(sc3ccccc23)=CC1)C1Cc2ccc(-c3ccc4c(c3)c3ccccc3n4-c3c(-c4ccccc4)cccc3-c3ccccc3)cc2-c2ccccc21. The summed E-state index contributed by atoms with van der Waals surface area (Å²) in [5.74, 6) is 1.48. The summed E-state index contributed by atoms with van der Waals surface area (Å²) < 4.78 is 5.34. The fraction of sp³-hybridized carbons (Fsp3) is 0.103. The molecule has 2 heterocycles. The summed E-state index contributed by atoms with van der Waals surface area (Å²) in [6.07, 6.45) is 7.28. The lowest BCUT2D eigenvalue weighted by Crippen LogP contribution is -2.30. The van der Waals surface area contributed by atoms with Crippen LogP contribution in [0.1, 0.15) is 30.4 Å². The van der Waals surface area contributed by atoms with Crippen molar-refractivity contribution >= 4 is 55.4 Å². The van der Waals surface area contributed by atoms with Gasteiger partial charge in [0.1, 0.15) is 0 Å². The summed E-state index contributed by atoms with van der Waals surface area (Å²) in [4.78, 5) is 0. The Morgan fingerprint density at radius 2 is 1.15 bits per heavy atom. The number of para-hydroxylation sites is 2. The zero-order chi connectivity index (χ0) is 39.7. The Hall–Kier alpha value is -6.74. The molecule has 286 valence electrons. The van der Waals surface area contributed by atoms with Gasteiger partial charge in [-0.3, -0.25) is 0 Å². The predicted octanol–water partition coefficient (Wildman–Crippen LogP) is 14.2. The predicted molar refractivity (Wildman–Crippen MR) is 256 cm³/mol. The summed E-state index contributed by atoms with van der Waals surface area (Å²) in [6, 6.07) is 69.9. The molecular formula is C58H43NS. The molecule has 0 aliphatic heterocycles. The van der Waals surface area contributed by atoms with E-state index in [-0.39, 0.29) is 0 Å².